The molecule has 3 N–H and O–H groups in total. The van der Waals surface area contributed by atoms with Crippen LogP contribution < -0.4 is 5.73 Å². The highest BCUT2D eigenvalue weighted by Crippen LogP contribution is 2.24. The fourth-order valence-corrected chi connectivity index (χ4v) is 1.59. The molecular formula is C10H8N2O4. The number of carboxylic acid groups (broad SMARTS) is 1. The van der Waals surface area contributed by atoms with Crippen molar-refractivity contribution < 1.29 is 19.5 Å². The number of hydrogen-bond acceptors (Lipinski definition) is 4. The highest BCUT2D eigenvalue weighted by Gasteiger charge is 2.36. The fraction of sp³-hybridized carbons (Fsp3) is 0.100. The zero-order valence-electron chi connectivity index (χ0n) is 8.14. The van der Waals surface area contributed by atoms with Gasteiger partial charge >= 0.3 is 5.97 Å². The van der Waals surface area contributed by atoms with Gasteiger partial charge in [-0.25, -0.2) is 0 Å². The molecule has 0 saturated carbocycles. The quantitative estimate of drug-likeness (QED) is 0.537. The van der Waals surface area contributed by atoms with Gasteiger partial charge in [0.05, 0.1) is 11.1 Å². The monoisotopic (exact) mass is 220 g/mol. The van der Waals surface area contributed by atoms with E-state index in [0.717, 1.165) is 0 Å². The summed E-state index contributed by atoms with van der Waals surface area (Å²) in [5.74, 6) is -2.44. The van der Waals surface area contributed by atoms with E-state index in [2.05, 4.69) is 0 Å². The molecule has 1 aliphatic heterocycles. The van der Waals surface area contributed by atoms with Crippen LogP contribution in [0.3, 0.4) is 0 Å². The van der Waals surface area contributed by atoms with E-state index in [1.54, 1.807) is 0 Å². The zero-order valence-corrected chi connectivity index (χ0v) is 8.14. The van der Waals surface area contributed by atoms with Gasteiger partial charge in [-0.3, -0.25) is 19.3 Å². The molecule has 0 saturated heterocycles. The minimum absolute atomic E-state index is 0.159. The second-order valence-corrected chi connectivity index (χ2v) is 3.40. The van der Waals surface area contributed by atoms with E-state index in [-0.39, 0.29) is 11.1 Å². The second-order valence-electron chi connectivity index (χ2n) is 3.40. The lowest BCUT2D eigenvalue weighted by atomic mass is 10.1. The smallest absolute Gasteiger partial charge is 0.323 e. The highest BCUT2D eigenvalue weighted by atomic mass is 16.4. The van der Waals surface area contributed by atoms with Crippen LogP contribution in [0.25, 0.3) is 0 Å². The first-order chi connectivity index (χ1) is 7.50. The number of rotatable bonds is 2. The van der Waals surface area contributed by atoms with E-state index < -0.39 is 24.3 Å². The third-order valence-electron chi connectivity index (χ3n) is 2.29. The topological polar surface area (TPSA) is 101 Å². The molecule has 6 heteroatoms. The summed E-state index contributed by atoms with van der Waals surface area (Å²) in [4.78, 5) is 34.5. The van der Waals surface area contributed by atoms with Gasteiger partial charge in [-0.15, -0.1) is 0 Å². The largest absolute Gasteiger partial charge is 0.480 e. The van der Waals surface area contributed by atoms with Crippen molar-refractivity contribution in [2.75, 3.05) is 12.3 Å². The van der Waals surface area contributed by atoms with Gasteiger partial charge in [0.25, 0.3) is 11.8 Å². The number of carbonyl (C=O) groups excluding carboxylic acids is 2. The summed E-state index contributed by atoms with van der Waals surface area (Å²) in [5.41, 5.74) is 6.20. The summed E-state index contributed by atoms with van der Waals surface area (Å²) in [6.07, 6.45) is 0. The first-order valence-corrected chi connectivity index (χ1v) is 4.48. The Kier molecular flexibility index (Phi) is 2.12. The van der Waals surface area contributed by atoms with Gasteiger partial charge in [0.1, 0.15) is 6.54 Å². The van der Waals surface area contributed by atoms with Crippen LogP contribution in [-0.2, 0) is 4.79 Å². The number of anilines is 1. The third kappa shape index (κ3) is 1.40. The number of hydrogen-bond donors (Lipinski definition) is 2. The molecule has 0 spiro atoms. The third-order valence-corrected chi connectivity index (χ3v) is 2.29. The van der Waals surface area contributed by atoms with Gasteiger partial charge < -0.3 is 10.8 Å². The first kappa shape index (κ1) is 10.2. The molecule has 0 bridgehead atoms. The summed E-state index contributed by atoms with van der Waals surface area (Å²) in [6, 6.07) is 4.29. The second kappa shape index (κ2) is 3.34. The fourth-order valence-electron chi connectivity index (χ4n) is 1.59. The van der Waals surface area contributed by atoms with E-state index in [1.165, 1.54) is 18.2 Å². The average Bonchev–Trinajstić information content (AvgIpc) is 2.43. The predicted octanol–water partition coefficient (Wildman–Crippen LogP) is -0.0506. The molecular weight excluding hydrogens is 212 g/mol. The summed E-state index contributed by atoms with van der Waals surface area (Å²) in [5, 5.41) is 8.57. The standard InChI is InChI=1S/C10H8N2O4/c11-5-1-2-6-7(3-5)10(16)12(9(6)15)4-8(13)14/h1-3H,4,11H2,(H,13,14). The molecule has 0 aliphatic carbocycles. The Hall–Kier alpha value is -2.37. The van der Waals surface area contributed by atoms with Crippen molar-refractivity contribution in [3.63, 3.8) is 0 Å². The van der Waals surface area contributed by atoms with E-state index >= 15 is 0 Å². The molecule has 1 aromatic carbocycles. The molecule has 0 fully saturated rings. The van der Waals surface area contributed by atoms with Crippen molar-refractivity contribution >= 4 is 23.5 Å². The van der Waals surface area contributed by atoms with Crippen molar-refractivity contribution in [2.24, 2.45) is 0 Å². The average molecular weight is 220 g/mol. The Bertz CT molecular complexity index is 510. The van der Waals surface area contributed by atoms with E-state index in [4.69, 9.17) is 10.8 Å². The van der Waals surface area contributed by atoms with Crippen LogP contribution in [0.4, 0.5) is 5.69 Å². The maximum Gasteiger partial charge on any atom is 0.323 e. The minimum Gasteiger partial charge on any atom is -0.480 e. The molecule has 0 aromatic heterocycles. The molecule has 16 heavy (non-hydrogen) atoms. The van der Waals surface area contributed by atoms with Crippen LogP contribution in [0.2, 0.25) is 0 Å². The number of carboxylic acids is 1. The maximum absolute atomic E-state index is 11.7. The Morgan fingerprint density at radius 1 is 1.25 bits per heavy atom. The predicted molar refractivity (Wildman–Crippen MR) is 53.9 cm³/mol. The molecule has 2 rings (SSSR count). The molecule has 0 unspecified atom stereocenters. The van der Waals surface area contributed by atoms with Gasteiger partial charge in [-0.1, -0.05) is 0 Å². The first-order valence-electron chi connectivity index (χ1n) is 4.48. The lowest BCUT2D eigenvalue weighted by Crippen LogP contribution is -2.34. The number of nitrogens with two attached hydrogens (primary N) is 1. The van der Waals surface area contributed by atoms with Gasteiger partial charge in [0, 0.05) is 5.69 Å². The Morgan fingerprint density at radius 2 is 1.88 bits per heavy atom. The van der Waals surface area contributed by atoms with Crippen molar-refractivity contribution in [3.8, 4) is 0 Å². The van der Waals surface area contributed by atoms with E-state index in [1.807, 2.05) is 0 Å². The van der Waals surface area contributed by atoms with Gasteiger partial charge in [0.15, 0.2) is 0 Å². The molecule has 1 heterocycles. The number of amides is 2. The molecule has 82 valence electrons. The van der Waals surface area contributed by atoms with Crippen LogP contribution in [0.5, 0.6) is 0 Å². The van der Waals surface area contributed by atoms with E-state index in [0.29, 0.717) is 10.6 Å². The van der Waals surface area contributed by atoms with Crippen molar-refractivity contribution in [2.45, 2.75) is 0 Å². The SMILES string of the molecule is Nc1ccc2c(c1)C(=O)N(CC(=O)O)C2=O. The summed E-state index contributed by atoms with van der Waals surface area (Å²) in [6.45, 7) is -0.633. The number of imide groups is 1. The molecule has 1 aliphatic rings. The summed E-state index contributed by atoms with van der Waals surface area (Å²) >= 11 is 0. The summed E-state index contributed by atoms with van der Waals surface area (Å²) in [7, 11) is 0. The molecule has 1 aromatic rings. The lowest BCUT2D eigenvalue weighted by molar-refractivity contribution is -0.137. The zero-order chi connectivity index (χ0) is 11.9. The molecule has 0 atom stereocenters. The normalized spacial score (nSPS) is 14.1. The molecule has 0 radical (unpaired) electrons. The Balaban J connectivity index is 2.44. The van der Waals surface area contributed by atoms with Gasteiger partial charge in [-0.2, -0.15) is 0 Å². The van der Waals surface area contributed by atoms with Crippen LogP contribution in [0.1, 0.15) is 20.7 Å². The van der Waals surface area contributed by atoms with Crippen molar-refractivity contribution in [1.29, 1.82) is 0 Å². The van der Waals surface area contributed by atoms with E-state index in [9.17, 15) is 14.4 Å². The molecule has 2 amide bonds. The van der Waals surface area contributed by atoms with Crippen LogP contribution >= 0.6 is 0 Å². The number of nitrogen functional groups attached to an aromatic ring is 1. The number of aliphatic carboxylic acids is 1. The van der Waals surface area contributed by atoms with Crippen molar-refractivity contribution in [1.82, 2.24) is 4.90 Å². The minimum atomic E-state index is -1.23. The molecule has 6 nitrogen and oxygen atoms in total. The number of nitrogens with zero attached hydrogens (tertiary/aromatic N) is 1. The number of carbonyl (C=O) groups is 3. The lowest BCUT2D eigenvalue weighted by Gasteiger charge is -2.09. The maximum atomic E-state index is 11.7. The van der Waals surface area contributed by atoms with Crippen molar-refractivity contribution in [3.05, 3.63) is 29.3 Å². The Labute approximate surface area is 90.3 Å². The van der Waals surface area contributed by atoms with Gasteiger partial charge in [-0.05, 0) is 18.2 Å². The van der Waals surface area contributed by atoms with Crippen LogP contribution in [0.15, 0.2) is 18.2 Å². The Morgan fingerprint density at radius 3 is 2.50 bits per heavy atom. The van der Waals surface area contributed by atoms with Crippen LogP contribution in [-0.4, -0.2) is 34.3 Å². The summed E-state index contributed by atoms with van der Waals surface area (Å²) < 4.78 is 0. The number of fused-ring (bicyclic) bond motifs is 1. The van der Waals surface area contributed by atoms with Crippen LogP contribution in [0, 0.1) is 0 Å². The highest BCUT2D eigenvalue weighted by molar-refractivity contribution is 6.22. The van der Waals surface area contributed by atoms with Gasteiger partial charge in [0.2, 0.25) is 0 Å². The number of benzene rings is 1.